The average Bonchev–Trinajstić information content (AvgIpc) is 3.32. The van der Waals surface area contributed by atoms with E-state index in [0.717, 1.165) is 45.1 Å². The van der Waals surface area contributed by atoms with Crippen molar-refractivity contribution in [2.75, 3.05) is 19.5 Å². The lowest BCUT2D eigenvalue weighted by Gasteiger charge is -2.27. The Balaban J connectivity index is 1.45. The summed E-state index contributed by atoms with van der Waals surface area (Å²) >= 11 is 0. The van der Waals surface area contributed by atoms with Crippen molar-refractivity contribution < 1.29 is 9.47 Å². The van der Waals surface area contributed by atoms with Gasteiger partial charge < -0.3 is 14.8 Å². The monoisotopic (exact) mass is 452 g/mol. The average molecular weight is 453 g/mol. The van der Waals surface area contributed by atoms with E-state index < -0.39 is 0 Å². The van der Waals surface area contributed by atoms with Gasteiger partial charge in [0.1, 0.15) is 30.0 Å². The SMILES string of the molecule is COc1ccc(-c2cccc3ncnn23)cc1Nc1ncnc2cc(OC)c(C3CCC3)cc12. The van der Waals surface area contributed by atoms with E-state index in [2.05, 4.69) is 31.4 Å². The van der Waals surface area contributed by atoms with Crippen molar-refractivity contribution in [3.8, 4) is 22.8 Å². The maximum Gasteiger partial charge on any atom is 0.155 e. The fraction of sp³-hybridized carbons (Fsp3) is 0.231. The summed E-state index contributed by atoms with van der Waals surface area (Å²) in [4.78, 5) is 13.4. The molecule has 34 heavy (non-hydrogen) atoms. The zero-order valence-corrected chi connectivity index (χ0v) is 19.0. The Bertz CT molecular complexity index is 1510. The fourth-order valence-electron chi connectivity index (χ4n) is 4.57. The molecule has 6 rings (SSSR count). The molecule has 1 aliphatic rings. The van der Waals surface area contributed by atoms with Crippen LogP contribution in [0.4, 0.5) is 11.5 Å². The molecule has 5 aromatic rings. The van der Waals surface area contributed by atoms with Crippen molar-refractivity contribution >= 4 is 28.1 Å². The summed E-state index contributed by atoms with van der Waals surface area (Å²) in [5, 5.41) is 8.82. The van der Waals surface area contributed by atoms with Crippen LogP contribution in [0.15, 0.2) is 61.2 Å². The van der Waals surface area contributed by atoms with Crippen LogP contribution in [-0.2, 0) is 0 Å². The van der Waals surface area contributed by atoms with Crippen LogP contribution in [0.3, 0.4) is 0 Å². The van der Waals surface area contributed by atoms with Crippen LogP contribution in [0.2, 0.25) is 0 Å². The second kappa shape index (κ2) is 8.30. The fourth-order valence-corrected chi connectivity index (χ4v) is 4.57. The van der Waals surface area contributed by atoms with Gasteiger partial charge >= 0.3 is 0 Å². The number of methoxy groups -OCH3 is 2. The normalized spacial score (nSPS) is 13.7. The summed E-state index contributed by atoms with van der Waals surface area (Å²) < 4.78 is 13.2. The first kappa shape index (κ1) is 20.4. The number of aromatic nitrogens is 5. The predicted octanol–water partition coefficient (Wildman–Crippen LogP) is 5.37. The maximum absolute atomic E-state index is 5.68. The van der Waals surface area contributed by atoms with Crippen LogP contribution < -0.4 is 14.8 Å². The first-order chi connectivity index (χ1) is 16.7. The van der Waals surface area contributed by atoms with Gasteiger partial charge in [-0.1, -0.05) is 12.5 Å². The van der Waals surface area contributed by atoms with Gasteiger partial charge in [0.2, 0.25) is 0 Å². The number of benzene rings is 2. The number of hydrogen-bond donors (Lipinski definition) is 1. The van der Waals surface area contributed by atoms with Crippen LogP contribution in [-0.4, -0.2) is 38.8 Å². The number of rotatable bonds is 6. The van der Waals surface area contributed by atoms with Crippen molar-refractivity contribution in [2.45, 2.75) is 25.2 Å². The largest absolute Gasteiger partial charge is 0.496 e. The zero-order valence-electron chi connectivity index (χ0n) is 19.0. The van der Waals surface area contributed by atoms with Gasteiger partial charge in [0.25, 0.3) is 0 Å². The highest BCUT2D eigenvalue weighted by molar-refractivity contribution is 5.93. The molecule has 0 aliphatic heterocycles. The highest BCUT2D eigenvalue weighted by Gasteiger charge is 2.24. The highest BCUT2D eigenvalue weighted by Crippen LogP contribution is 2.43. The van der Waals surface area contributed by atoms with Gasteiger partial charge in [-0.05, 0) is 60.7 Å². The van der Waals surface area contributed by atoms with Gasteiger partial charge in [0.05, 0.1) is 31.1 Å². The van der Waals surface area contributed by atoms with Gasteiger partial charge in [-0.3, -0.25) is 0 Å². The minimum Gasteiger partial charge on any atom is -0.496 e. The van der Waals surface area contributed by atoms with Crippen LogP contribution in [0, 0.1) is 0 Å². The van der Waals surface area contributed by atoms with E-state index in [9.17, 15) is 0 Å². The van der Waals surface area contributed by atoms with Crippen molar-refractivity contribution in [1.29, 1.82) is 0 Å². The summed E-state index contributed by atoms with van der Waals surface area (Å²) in [7, 11) is 3.38. The van der Waals surface area contributed by atoms with E-state index in [1.807, 2.05) is 47.0 Å². The number of hydrogen-bond acceptors (Lipinski definition) is 7. The molecule has 1 N–H and O–H groups in total. The molecule has 170 valence electrons. The van der Waals surface area contributed by atoms with E-state index in [0.29, 0.717) is 11.7 Å². The molecule has 1 aliphatic carbocycles. The van der Waals surface area contributed by atoms with Gasteiger partial charge in [0.15, 0.2) is 5.65 Å². The topological polar surface area (TPSA) is 86.5 Å². The van der Waals surface area contributed by atoms with E-state index in [1.54, 1.807) is 26.9 Å². The van der Waals surface area contributed by atoms with E-state index in [1.165, 1.54) is 24.8 Å². The molecule has 3 heterocycles. The second-order valence-electron chi connectivity index (χ2n) is 8.44. The molecule has 3 aromatic heterocycles. The van der Waals surface area contributed by atoms with Crippen LogP contribution in [0.25, 0.3) is 27.8 Å². The Labute approximate surface area is 196 Å². The zero-order chi connectivity index (χ0) is 23.1. The van der Waals surface area contributed by atoms with Crippen LogP contribution >= 0.6 is 0 Å². The molecule has 0 spiro atoms. The Morgan fingerprint density at radius 3 is 2.59 bits per heavy atom. The van der Waals surface area contributed by atoms with E-state index in [4.69, 9.17) is 9.47 Å². The van der Waals surface area contributed by atoms with E-state index in [-0.39, 0.29) is 0 Å². The van der Waals surface area contributed by atoms with Gasteiger partial charge in [-0.15, -0.1) is 0 Å². The maximum atomic E-state index is 5.68. The molecule has 0 atom stereocenters. The first-order valence-electron chi connectivity index (χ1n) is 11.3. The van der Waals surface area contributed by atoms with Gasteiger partial charge in [-0.25, -0.2) is 19.5 Å². The summed E-state index contributed by atoms with van der Waals surface area (Å²) in [5.41, 5.74) is 5.57. The first-order valence-corrected chi connectivity index (χ1v) is 11.3. The number of nitrogens with zero attached hydrogens (tertiary/aromatic N) is 5. The lowest BCUT2D eigenvalue weighted by Crippen LogP contribution is -2.10. The third-order valence-corrected chi connectivity index (χ3v) is 6.58. The molecule has 1 saturated carbocycles. The van der Waals surface area contributed by atoms with E-state index >= 15 is 0 Å². The summed E-state index contributed by atoms with van der Waals surface area (Å²) in [6.45, 7) is 0. The molecule has 2 aromatic carbocycles. The standard InChI is InChI=1S/C26H24N6O2/c1-33-23-10-9-17(22-7-4-8-25-28-15-30-32(22)25)11-21(23)31-26-19-12-18(16-5-3-6-16)24(34-2)13-20(19)27-14-29-26/h4,7-16H,3,5-6H2,1-2H3,(H,27,29,31). The number of nitrogens with one attached hydrogen (secondary N) is 1. The predicted molar refractivity (Wildman–Crippen MR) is 131 cm³/mol. The van der Waals surface area contributed by atoms with Gasteiger partial charge in [-0.2, -0.15) is 5.10 Å². The van der Waals surface area contributed by atoms with Crippen molar-refractivity contribution in [3.63, 3.8) is 0 Å². The molecule has 0 amide bonds. The lowest BCUT2D eigenvalue weighted by molar-refractivity contribution is 0.374. The molecule has 0 unspecified atom stereocenters. The highest BCUT2D eigenvalue weighted by atomic mass is 16.5. The van der Waals surface area contributed by atoms with Crippen molar-refractivity contribution in [3.05, 3.63) is 66.7 Å². The molecular formula is C26H24N6O2. The number of ether oxygens (including phenoxy) is 2. The smallest absolute Gasteiger partial charge is 0.155 e. The number of pyridine rings is 1. The molecule has 1 fully saturated rings. The second-order valence-corrected chi connectivity index (χ2v) is 8.44. The Hall–Kier alpha value is -4.20. The molecule has 0 radical (unpaired) electrons. The van der Waals surface area contributed by atoms with Crippen molar-refractivity contribution in [2.24, 2.45) is 0 Å². The lowest BCUT2D eigenvalue weighted by atomic mass is 9.79. The molecule has 0 saturated heterocycles. The van der Waals surface area contributed by atoms with Crippen molar-refractivity contribution in [1.82, 2.24) is 24.6 Å². The minimum atomic E-state index is 0.522. The summed E-state index contributed by atoms with van der Waals surface area (Å²) in [6.07, 6.45) is 6.75. The number of anilines is 2. The molecule has 8 heteroatoms. The van der Waals surface area contributed by atoms with Gasteiger partial charge in [0, 0.05) is 17.0 Å². The third-order valence-electron chi connectivity index (χ3n) is 6.58. The molecular weight excluding hydrogens is 428 g/mol. The molecule has 8 nitrogen and oxygen atoms in total. The number of fused-ring (bicyclic) bond motifs is 2. The quantitative estimate of drug-likeness (QED) is 0.371. The third kappa shape index (κ3) is 3.39. The van der Waals surface area contributed by atoms with Crippen LogP contribution in [0.5, 0.6) is 11.5 Å². The Morgan fingerprint density at radius 2 is 1.79 bits per heavy atom. The minimum absolute atomic E-state index is 0.522. The summed E-state index contributed by atoms with van der Waals surface area (Å²) in [5.74, 6) is 2.85. The Morgan fingerprint density at radius 1 is 0.912 bits per heavy atom. The molecule has 0 bridgehead atoms. The van der Waals surface area contributed by atoms with Crippen LogP contribution in [0.1, 0.15) is 30.7 Å². The summed E-state index contributed by atoms with van der Waals surface area (Å²) in [6, 6.07) is 16.1. The Kier molecular flexibility index (Phi) is 4.98.